The topological polar surface area (TPSA) is 35.6 Å². The number of hydrogen-bond acceptors (Lipinski definition) is 2. The third-order valence-corrected chi connectivity index (χ3v) is 5.50. The minimum atomic E-state index is 0.0417. The molecule has 2 aliphatic heterocycles. The van der Waals surface area contributed by atoms with Crippen LogP contribution in [0.2, 0.25) is 0 Å². The number of hydrogen-bond donors (Lipinski definition) is 1. The van der Waals surface area contributed by atoms with Crippen molar-refractivity contribution in [3.63, 3.8) is 0 Å². The summed E-state index contributed by atoms with van der Waals surface area (Å²) in [6.45, 7) is 6.96. The molecule has 2 bridgehead atoms. The predicted octanol–water partition coefficient (Wildman–Crippen LogP) is 3.98. The summed E-state index contributed by atoms with van der Waals surface area (Å²) in [5.74, 6) is 1.16. The van der Waals surface area contributed by atoms with Gasteiger partial charge in [0.25, 0.3) is 0 Å². The van der Waals surface area contributed by atoms with E-state index in [0.717, 1.165) is 38.4 Å². The van der Waals surface area contributed by atoms with Crippen LogP contribution in [-0.4, -0.2) is 42.0 Å². The van der Waals surface area contributed by atoms with Crippen molar-refractivity contribution in [1.29, 1.82) is 0 Å². The largest absolute Gasteiger partial charge is 0.324 e. The first-order chi connectivity index (χ1) is 12.7. The van der Waals surface area contributed by atoms with Gasteiger partial charge in [0.05, 0.1) is 0 Å². The number of carbonyl (C=O) groups excluding carboxylic acids is 1. The summed E-state index contributed by atoms with van der Waals surface area (Å²) in [6.07, 6.45) is 1.25. The first-order valence-corrected chi connectivity index (χ1v) is 9.54. The molecule has 4 heteroatoms. The number of rotatable bonds is 3. The first kappa shape index (κ1) is 17.1. The number of likely N-dealkylation sites (tertiary alicyclic amines) is 2. The van der Waals surface area contributed by atoms with Crippen molar-refractivity contribution >= 4 is 11.7 Å². The van der Waals surface area contributed by atoms with E-state index in [1.54, 1.807) is 0 Å². The molecule has 0 aliphatic carbocycles. The number of carbonyl (C=O) groups is 1. The first-order valence-electron chi connectivity index (χ1n) is 9.54. The number of nitrogens with zero attached hydrogens (tertiary/aromatic N) is 2. The highest BCUT2D eigenvalue weighted by Crippen LogP contribution is 2.29. The Balaban J connectivity index is 1.34. The lowest BCUT2D eigenvalue weighted by atomic mass is 9.84. The van der Waals surface area contributed by atoms with E-state index in [1.807, 2.05) is 29.2 Å². The second-order valence-electron chi connectivity index (χ2n) is 7.85. The third kappa shape index (κ3) is 4.07. The summed E-state index contributed by atoms with van der Waals surface area (Å²) in [7, 11) is 0. The van der Waals surface area contributed by atoms with Crippen molar-refractivity contribution in [3.05, 3.63) is 65.7 Å². The zero-order valence-corrected chi connectivity index (χ0v) is 15.4. The monoisotopic (exact) mass is 349 g/mol. The number of benzene rings is 2. The third-order valence-electron chi connectivity index (χ3n) is 5.50. The maximum atomic E-state index is 12.7. The average Bonchev–Trinajstić information content (AvgIpc) is 2.63. The zero-order valence-electron chi connectivity index (χ0n) is 15.4. The maximum Gasteiger partial charge on any atom is 0.321 e. The van der Waals surface area contributed by atoms with Crippen LogP contribution in [0.25, 0.3) is 0 Å². The van der Waals surface area contributed by atoms with Crippen LogP contribution in [0.3, 0.4) is 0 Å². The van der Waals surface area contributed by atoms with Crippen LogP contribution in [0.4, 0.5) is 10.5 Å². The Morgan fingerprint density at radius 3 is 2.27 bits per heavy atom. The molecule has 2 amide bonds. The lowest BCUT2D eigenvalue weighted by Gasteiger charge is -2.45. The molecule has 1 N–H and O–H groups in total. The van der Waals surface area contributed by atoms with Crippen molar-refractivity contribution in [1.82, 2.24) is 9.80 Å². The standard InChI is InChI=1S/C22H27N3O/c1-17-7-9-21(10-8-17)23-22(26)25-15-19-11-20(16-25)14-24(13-19)12-18-5-3-2-4-6-18/h2-10,19-20H,11-16H2,1H3,(H,23,26). The van der Waals surface area contributed by atoms with E-state index in [4.69, 9.17) is 0 Å². The summed E-state index contributed by atoms with van der Waals surface area (Å²) in [5.41, 5.74) is 3.46. The minimum absolute atomic E-state index is 0.0417. The van der Waals surface area contributed by atoms with Gasteiger partial charge in [-0.1, -0.05) is 48.0 Å². The number of urea groups is 1. The molecule has 0 radical (unpaired) electrons. The van der Waals surface area contributed by atoms with Gasteiger partial charge in [0, 0.05) is 38.4 Å². The van der Waals surface area contributed by atoms with E-state index in [1.165, 1.54) is 17.5 Å². The fourth-order valence-corrected chi connectivity index (χ4v) is 4.36. The van der Waals surface area contributed by atoms with Gasteiger partial charge >= 0.3 is 6.03 Å². The molecule has 2 heterocycles. The lowest BCUT2D eigenvalue weighted by molar-refractivity contribution is 0.0456. The number of amides is 2. The molecule has 4 nitrogen and oxygen atoms in total. The predicted molar refractivity (Wildman–Crippen MR) is 105 cm³/mol. The maximum absolute atomic E-state index is 12.7. The summed E-state index contributed by atoms with van der Waals surface area (Å²) < 4.78 is 0. The van der Waals surface area contributed by atoms with Crippen molar-refractivity contribution < 1.29 is 4.79 Å². The van der Waals surface area contributed by atoms with Gasteiger partial charge in [0.15, 0.2) is 0 Å². The molecule has 2 aliphatic rings. The Morgan fingerprint density at radius 2 is 1.62 bits per heavy atom. The van der Waals surface area contributed by atoms with Gasteiger partial charge in [-0.05, 0) is 42.9 Å². The molecule has 0 saturated carbocycles. The van der Waals surface area contributed by atoms with Gasteiger partial charge in [0.1, 0.15) is 0 Å². The van der Waals surface area contributed by atoms with E-state index >= 15 is 0 Å². The number of piperidine rings is 2. The van der Waals surface area contributed by atoms with Gasteiger partial charge in [-0.2, -0.15) is 0 Å². The lowest BCUT2D eigenvalue weighted by Crippen LogP contribution is -2.54. The highest BCUT2D eigenvalue weighted by Gasteiger charge is 2.35. The molecule has 26 heavy (non-hydrogen) atoms. The van der Waals surface area contributed by atoms with Crippen LogP contribution in [0.1, 0.15) is 17.5 Å². The van der Waals surface area contributed by atoms with Gasteiger partial charge in [-0.25, -0.2) is 4.79 Å². The van der Waals surface area contributed by atoms with Gasteiger partial charge < -0.3 is 10.2 Å². The van der Waals surface area contributed by atoms with Crippen LogP contribution < -0.4 is 5.32 Å². The van der Waals surface area contributed by atoms with Gasteiger partial charge in [-0.3, -0.25) is 4.90 Å². The fraction of sp³-hybridized carbons (Fsp3) is 0.409. The number of nitrogens with one attached hydrogen (secondary N) is 1. The molecule has 2 fully saturated rings. The molecular weight excluding hydrogens is 322 g/mol. The molecule has 4 rings (SSSR count). The molecule has 2 atom stereocenters. The number of fused-ring (bicyclic) bond motifs is 2. The van der Waals surface area contributed by atoms with E-state index in [9.17, 15) is 4.79 Å². The molecule has 2 aromatic carbocycles. The molecular formula is C22H27N3O. The number of anilines is 1. The molecule has 136 valence electrons. The summed E-state index contributed by atoms with van der Waals surface area (Å²) in [4.78, 5) is 17.2. The number of aryl methyl sites for hydroxylation is 1. The summed E-state index contributed by atoms with van der Waals surface area (Å²) in [5, 5.41) is 3.05. The molecule has 0 spiro atoms. The van der Waals surface area contributed by atoms with Crippen molar-refractivity contribution in [2.45, 2.75) is 19.9 Å². The molecule has 2 saturated heterocycles. The highest BCUT2D eigenvalue weighted by atomic mass is 16.2. The quantitative estimate of drug-likeness (QED) is 0.910. The van der Waals surface area contributed by atoms with Crippen LogP contribution >= 0.6 is 0 Å². The second-order valence-corrected chi connectivity index (χ2v) is 7.85. The van der Waals surface area contributed by atoms with E-state index in [-0.39, 0.29) is 6.03 Å². The fourth-order valence-electron chi connectivity index (χ4n) is 4.36. The van der Waals surface area contributed by atoms with E-state index < -0.39 is 0 Å². The van der Waals surface area contributed by atoms with Crippen LogP contribution in [0, 0.1) is 18.8 Å². The minimum Gasteiger partial charge on any atom is -0.324 e. The van der Waals surface area contributed by atoms with Crippen LogP contribution in [0.5, 0.6) is 0 Å². The highest BCUT2D eigenvalue weighted by molar-refractivity contribution is 5.89. The van der Waals surface area contributed by atoms with Crippen molar-refractivity contribution in [3.8, 4) is 0 Å². The summed E-state index contributed by atoms with van der Waals surface area (Å²) >= 11 is 0. The SMILES string of the molecule is Cc1ccc(NC(=O)N2CC3CC(CN(Cc4ccccc4)C3)C2)cc1. The van der Waals surface area contributed by atoms with Crippen LogP contribution in [0.15, 0.2) is 54.6 Å². The molecule has 2 aromatic rings. The Kier molecular flexibility index (Phi) is 4.93. The normalized spacial score (nSPS) is 22.9. The zero-order chi connectivity index (χ0) is 17.9. The molecule has 2 unspecified atom stereocenters. The van der Waals surface area contributed by atoms with E-state index in [0.29, 0.717) is 11.8 Å². The Hall–Kier alpha value is -2.33. The smallest absolute Gasteiger partial charge is 0.321 e. The Bertz CT molecular complexity index is 730. The Labute approximate surface area is 155 Å². The second kappa shape index (κ2) is 7.50. The Morgan fingerprint density at radius 1 is 0.962 bits per heavy atom. The summed E-state index contributed by atoms with van der Waals surface area (Å²) in [6, 6.07) is 18.7. The van der Waals surface area contributed by atoms with Gasteiger partial charge in [0.2, 0.25) is 0 Å². The average molecular weight is 349 g/mol. The molecule has 0 aromatic heterocycles. The van der Waals surface area contributed by atoms with Crippen LogP contribution in [-0.2, 0) is 6.54 Å². The van der Waals surface area contributed by atoms with E-state index in [2.05, 4.69) is 47.5 Å². The van der Waals surface area contributed by atoms with Crippen molar-refractivity contribution in [2.75, 3.05) is 31.5 Å². The van der Waals surface area contributed by atoms with Gasteiger partial charge in [-0.15, -0.1) is 0 Å². The van der Waals surface area contributed by atoms with Crippen molar-refractivity contribution in [2.24, 2.45) is 11.8 Å².